The van der Waals surface area contributed by atoms with Crippen LogP contribution >= 0.6 is 0 Å². The van der Waals surface area contributed by atoms with E-state index in [2.05, 4.69) is 131 Å². The summed E-state index contributed by atoms with van der Waals surface area (Å²) >= 11 is 0. The van der Waals surface area contributed by atoms with Gasteiger partial charge in [-0.15, -0.1) is 0 Å². The fourth-order valence-corrected chi connectivity index (χ4v) is 17.5. The molecule has 18 nitrogen and oxygen atoms in total. The van der Waals surface area contributed by atoms with E-state index in [1.807, 2.05) is 172 Å². The molecule has 0 radical (unpaired) electrons. The molecule has 0 amide bonds. The molecule has 18 unspecified atom stereocenters. The van der Waals surface area contributed by atoms with Gasteiger partial charge in [0.1, 0.15) is 0 Å². The van der Waals surface area contributed by atoms with Crippen molar-refractivity contribution in [2.45, 2.75) is 233 Å². The second-order valence-electron chi connectivity index (χ2n) is 37.1. The quantitative estimate of drug-likeness (QED) is 0.0241. The minimum Gasteiger partial charge on any atom is -0.315 e. The Labute approximate surface area is 943 Å². The number of benzene rings is 9. The van der Waals surface area contributed by atoms with Crippen molar-refractivity contribution in [2.75, 3.05) is 181 Å². The fourth-order valence-electron chi connectivity index (χ4n) is 17.5. The summed E-state index contributed by atoms with van der Waals surface area (Å²) in [5.74, 6) is -12.3. The Morgan fingerprint density at radius 2 is 0.403 bits per heavy atom. The number of nitrogens with one attached hydrogen (secondary N) is 9. The van der Waals surface area contributed by atoms with Crippen molar-refractivity contribution in [1.82, 2.24) is 92.0 Å². The third-order valence-electron chi connectivity index (χ3n) is 26.2. The summed E-state index contributed by atoms with van der Waals surface area (Å²) in [6.45, 7) is -15.6. The molecule has 18 atom stereocenters. The molecule has 9 aliphatic rings. The van der Waals surface area contributed by atoms with Crippen molar-refractivity contribution in [3.05, 3.63) is 323 Å². The average molecular weight is 2010 g/mol. The number of hydrogen-bond acceptors (Lipinski definition) is 18. The molecule has 144 heavy (non-hydrogen) atoms. The van der Waals surface area contributed by atoms with Gasteiger partial charge in [0.15, 0.2) is 0 Å². The zero-order valence-corrected chi connectivity index (χ0v) is 87.4. The molecule has 9 aromatic carbocycles. The lowest BCUT2D eigenvalue weighted by Crippen LogP contribution is -2.48. The normalized spacial score (nSPS) is 41.7. The number of rotatable bonds is 27. The Balaban J connectivity index is 0.000000215. The number of likely N-dealkylation sites (N-methyl/N-ethyl adjacent to an activating group) is 9. The molecule has 0 spiro atoms. The molecule has 792 valence electrons. The van der Waals surface area contributed by atoms with E-state index in [0.717, 1.165) is 101 Å². The fraction of sp³-hybridized carbons (Fsp3) is 0.571. The Hall–Kier alpha value is -7.74. The van der Waals surface area contributed by atoms with Gasteiger partial charge in [-0.25, -0.2) is 0 Å². The highest BCUT2D eigenvalue weighted by Gasteiger charge is 2.33. The van der Waals surface area contributed by atoms with Crippen LogP contribution in [-0.2, 0) is 58.9 Å². The largest absolute Gasteiger partial charge is 0.315 e. The van der Waals surface area contributed by atoms with Gasteiger partial charge in [0.25, 0.3) is 0 Å². The van der Waals surface area contributed by atoms with E-state index in [1.165, 1.54) is 67.1 Å². The Bertz CT molecular complexity index is 6740. The van der Waals surface area contributed by atoms with Gasteiger partial charge < -0.3 is 47.9 Å². The minimum absolute atomic E-state index is 0.0463. The van der Waals surface area contributed by atoms with Gasteiger partial charge in [0.05, 0.1) is 0 Å². The van der Waals surface area contributed by atoms with E-state index in [-0.39, 0.29) is 69.5 Å². The number of hydrogen-bond donors (Lipinski definition) is 9. The summed E-state index contributed by atoms with van der Waals surface area (Å²) in [5.41, 5.74) is 8.81. The van der Waals surface area contributed by atoms with Crippen LogP contribution in [0.3, 0.4) is 0 Å². The third-order valence-corrected chi connectivity index (χ3v) is 26.2. The number of piperidine rings is 9. The van der Waals surface area contributed by atoms with E-state index in [1.54, 1.807) is 98.4 Å². The van der Waals surface area contributed by atoms with E-state index in [4.69, 9.17) is 64.4 Å². The summed E-state index contributed by atoms with van der Waals surface area (Å²) in [6.07, 6.45) is -2.75. The van der Waals surface area contributed by atoms with Crippen LogP contribution in [0.25, 0.3) is 0 Å². The van der Waals surface area contributed by atoms with Gasteiger partial charge in [-0.1, -0.05) is 335 Å². The maximum Gasteiger partial charge on any atom is 0.0481 e. The van der Waals surface area contributed by atoms with Crippen LogP contribution in [0.1, 0.15) is 234 Å². The average Bonchev–Trinajstić information content (AvgIpc) is 0.654. The highest BCUT2D eigenvalue weighted by atomic mass is 15.2. The molecule has 0 saturated carbocycles. The zero-order valence-electron chi connectivity index (χ0n) is 134. The minimum atomic E-state index is -3.49. The summed E-state index contributed by atoms with van der Waals surface area (Å²) in [7, 11) is 13.9. The predicted molar refractivity (Wildman–Crippen MR) is 615 cm³/mol. The second kappa shape index (κ2) is 67.4. The summed E-state index contributed by atoms with van der Waals surface area (Å²) in [4.78, 5) is 14.6. The first kappa shape index (κ1) is 67.4. The van der Waals surface area contributed by atoms with E-state index >= 15 is 0 Å². The molecular weight excluding hydrogens is 1770 g/mol. The van der Waals surface area contributed by atoms with Crippen LogP contribution in [-0.4, -0.2) is 279 Å². The Kier molecular flexibility index (Phi) is 31.5. The van der Waals surface area contributed by atoms with E-state index in [0.29, 0.717) is 66.0 Å². The number of likely N-dealkylation sites (tertiary alicyclic amines) is 9. The van der Waals surface area contributed by atoms with Crippen LogP contribution in [0.2, 0.25) is 0 Å². The third kappa shape index (κ3) is 43.1. The molecule has 9 aliphatic heterocycles. The lowest BCUT2D eigenvalue weighted by molar-refractivity contribution is 0.147. The standard InChI is InChI=1S/9C14H22N2/c9*1-12-8-9-16(11-14(12)15-2)10-13-6-4-3-5-7-13/h9*3-7,12,14-15H,8-11H2,1-2H3/i1D3,8D2,9D2,11D2,12D,14D;8D2,9D2,11D2,12D,14D;2*1D3,11D2,12D,14D;2*11D2,12D,14D;2*1D3;. The highest BCUT2D eigenvalue weighted by Crippen LogP contribution is 2.28. The zero-order chi connectivity index (χ0) is 144. The molecule has 0 aromatic heterocycles. The van der Waals surface area contributed by atoms with Crippen LogP contribution in [0.15, 0.2) is 273 Å². The predicted octanol–water partition coefficient (Wildman–Crippen LogP) is 19.0. The molecule has 0 bridgehead atoms. The summed E-state index contributed by atoms with van der Waals surface area (Å²) in [6, 6.07) is 73.5. The van der Waals surface area contributed by atoms with Crippen LogP contribution in [0.4, 0.5) is 0 Å². The molecule has 9 saturated heterocycles. The first-order chi connectivity index (χ1) is 88.1. The van der Waals surface area contributed by atoms with Gasteiger partial charge >= 0.3 is 0 Å². The highest BCUT2D eigenvalue weighted by molar-refractivity contribution is 5.22. The summed E-state index contributed by atoms with van der Waals surface area (Å²) in [5, 5.41) is 24.8. The van der Waals surface area contributed by atoms with Gasteiger partial charge in [0, 0.05) is 236 Å². The molecule has 9 heterocycles. The maximum atomic E-state index is 8.53. The lowest BCUT2D eigenvalue weighted by Gasteiger charge is -2.37. The smallest absolute Gasteiger partial charge is 0.0481 e. The first-order valence-corrected chi connectivity index (χ1v) is 50.8. The molecule has 0 aliphatic carbocycles. The van der Waals surface area contributed by atoms with Gasteiger partial charge in [-0.3, -0.25) is 44.1 Å². The van der Waals surface area contributed by atoms with Gasteiger partial charge in [-0.2, -0.15) is 0 Å². The lowest BCUT2D eigenvalue weighted by atomic mass is 9.93. The molecule has 9 aromatic rings. The topological polar surface area (TPSA) is 137 Å². The monoisotopic (exact) mass is 2010 g/mol. The van der Waals surface area contributed by atoms with Gasteiger partial charge in [-0.05, 0) is 283 Å². The van der Waals surface area contributed by atoms with E-state index < -0.39 is 177 Å². The van der Waals surface area contributed by atoms with Crippen LogP contribution < -0.4 is 47.9 Å². The van der Waals surface area contributed by atoms with Crippen molar-refractivity contribution in [2.24, 2.45) is 53.1 Å². The SMILES string of the molecule is CNC1CN(Cc2ccccc2)CCC1C.[2H]C([2H])([2H])C1([2H])C([2H])([2H])C([2H])([2H])N(Cc2ccccc2)C([2H])([2H])C1([2H])NC.[2H]C([2H])([2H])C1([2H])CCN(Cc2ccccc2)C([2H])([2H])C1([2H])NC.[2H]C([2H])([2H])C1([2H])CCN(Cc2ccccc2)C([2H])([2H])C1([2H])NC.[2H]C([2H])([2H])C1CCN(Cc2ccccc2)CC1NC.[2H]C([2H])([2H])C1CCN(Cc2ccccc2)CC1NC.[2H]C1(C)CCN(Cc2ccccc2)C([2H])([2H])C1([2H])NC.[2H]C1(C)CCN(Cc2ccccc2)C([2H])([2H])C1([2H])NC.[2H]C1([2H])N(Cc2ccccc2)C([2H])([2H])C([2H])(NC)C([2H])(C)C1([2H])[2H]. The van der Waals surface area contributed by atoms with Crippen molar-refractivity contribution in [3.63, 3.8) is 0 Å². The number of nitrogens with zero attached hydrogens (tertiary/aromatic N) is 9. The molecule has 9 fully saturated rings. The molecule has 9 N–H and O–H groups in total. The van der Waals surface area contributed by atoms with Gasteiger partial charge in [0.2, 0.25) is 0 Å². The first-order valence-electron chi connectivity index (χ1n) is 74.3. The van der Waals surface area contributed by atoms with E-state index in [9.17, 15) is 0 Å². The molecule has 18 rings (SSSR count). The van der Waals surface area contributed by atoms with Crippen molar-refractivity contribution < 1.29 is 64.4 Å². The Morgan fingerprint density at radius 3 is 0.639 bits per heavy atom. The van der Waals surface area contributed by atoms with Crippen LogP contribution in [0, 0.1) is 53.1 Å². The Morgan fingerprint density at radius 1 is 0.215 bits per heavy atom. The van der Waals surface area contributed by atoms with Crippen LogP contribution in [0.5, 0.6) is 0 Å². The second-order valence-corrected chi connectivity index (χ2v) is 37.1. The van der Waals surface area contributed by atoms with Crippen molar-refractivity contribution in [3.8, 4) is 0 Å². The molecule has 18 heteroatoms. The maximum absolute atomic E-state index is 8.53. The molecular formula is C126H198N18. The summed E-state index contributed by atoms with van der Waals surface area (Å²) < 4.78 is 382. The van der Waals surface area contributed by atoms with Crippen molar-refractivity contribution in [1.29, 1.82) is 0 Å². The van der Waals surface area contributed by atoms with Crippen molar-refractivity contribution >= 4 is 0 Å².